The summed E-state index contributed by atoms with van der Waals surface area (Å²) in [6, 6.07) is 0. The lowest BCUT2D eigenvalue weighted by Gasteiger charge is -2.38. The van der Waals surface area contributed by atoms with Crippen LogP contribution in [0.2, 0.25) is 0 Å². The Kier molecular flexibility index (Phi) is 3.29. The minimum Gasteiger partial charge on any atom is -0.439 e. The first kappa shape index (κ1) is 14.5. The SMILES string of the molecule is CN1C[C@]2(CCCN(C(=O)c3n[nH]c4c3COCC4)C2)OC1=O. The van der Waals surface area contributed by atoms with Gasteiger partial charge in [-0.15, -0.1) is 0 Å². The zero-order valence-corrected chi connectivity index (χ0v) is 13.1. The monoisotopic (exact) mass is 320 g/mol. The molecule has 3 aliphatic heterocycles. The molecule has 3 aliphatic rings. The molecular weight excluding hydrogens is 300 g/mol. The highest BCUT2D eigenvalue weighted by Gasteiger charge is 2.47. The van der Waals surface area contributed by atoms with Crippen molar-refractivity contribution in [3.8, 4) is 0 Å². The van der Waals surface area contributed by atoms with Gasteiger partial charge in [0, 0.05) is 31.3 Å². The molecule has 1 spiro atoms. The van der Waals surface area contributed by atoms with Gasteiger partial charge in [-0.1, -0.05) is 0 Å². The quantitative estimate of drug-likeness (QED) is 0.816. The van der Waals surface area contributed by atoms with E-state index in [1.165, 1.54) is 0 Å². The summed E-state index contributed by atoms with van der Waals surface area (Å²) < 4.78 is 11.0. The van der Waals surface area contributed by atoms with Crippen LogP contribution in [0.4, 0.5) is 4.79 Å². The third-order valence-corrected chi connectivity index (χ3v) is 4.87. The Hall–Kier alpha value is -2.09. The van der Waals surface area contributed by atoms with Crippen LogP contribution in [0.3, 0.4) is 0 Å². The molecule has 2 amide bonds. The number of ether oxygens (including phenoxy) is 2. The largest absolute Gasteiger partial charge is 0.439 e. The second-order valence-electron chi connectivity index (χ2n) is 6.57. The number of likely N-dealkylation sites (tertiary alicyclic amines) is 1. The summed E-state index contributed by atoms with van der Waals surface area (Å²) in [4.78, 5) is 27.9. The molecule has 1 aromatic rings. The van der Waals surface area contributed by atoms with Gasteiger partial charge in [0.2, 0.25) is 0 Å². The molecule has 1 aromatic heterocycles. The maximum atomic E-state index is 12.9. The highest BCUT2D eigenvalue weighted by Crippen LogP contribution is 2.32. The molecule has 0 aromatic carbocycles. The number of nitrogens with zero attached hydrogens (tertiary/aromatic N) is 3. The van der Waals surface area contributed by atoms with E-state index >= 15 is 0 Å². The van der Waals surface area contributed by atoms with Gasteiger partial charge in [-0.05, 0) is 12.8 Å². The predicted molar refractivity (Wildman–Crippen MR) is 78.9 cm³/mol. The lowest BCUT2D eigenvalue weighted by molar-refractivity contribution is -0.00556. The maximum absolute atomic E-state index is 12.9. The first-order valence-electron chi connectivity index (χ1n) is 7.95. The van der Waals surface area contributed by atoms with Crippen molar-refractivity contribution in [2.24, 2.45) is 0 Å². The number of rotatable bonds is 1. The van der Waals surface area contributed by atoms with E-state index in [9.17, 15) is 9.59 Å². The van der Waals surface area contributed by atoms with Crippen LogP contribution < -0.4 is 0 Å². The summed E-state index contributed by atoms with van der Waals surface area (Å²) in [5.41, 5.74) is 1.71. The topological polar surface area (TPSA) is 87.8 Å². The second-order valence-corrected chi connectivity index (χ2v) is 6.57. The molecule has 4 heterocycles. The van der Waals surface area contributed by atoms with Crippen LogP contribution >= 0.6 is 0 Å². The average molecular weight is 320 g/mol. The maximum Gasteiger partial charge on any atom is 0.410 e. The van der Waals surface area contributed by atoms with Gasteiger partial charge < -0.3 is 19.3 Å². The van der Waals surface area contributed by atoms with Crippen molar-refractivity contribution >= 4 is 12.0 Å². The molecule has 0 bridgehead atoms. The number of nitrogens with one attached hydrogen (secondary N) is 1. The highest BCUT2D eigenvalue weighted by atomic mass is 16.6. The summed E-state index contributed by atoms with van der Waals surface area (Å²) in [7, 11) is 1.72. The number of fused-ring (bicyclic) bond motifs is 1. The Labute approximate surface area is 133 Å². The third-order valence-electron chi connectivity index (χ3n) is 4.87. The minimum absolute atomic E-state index is 0.113. The first-order valence-corrected chi connectivity index (χ1v) is 7.95. The van der Waals surface area contributed by atoms with Crippen molar-refractivity contribution in [1.29, 1.82) is 0 Å². The van der Waals surface area contributed by atoms with Gasteiger partial charge in [0.1, 0.15) is 5.60 Å². The summed E-state index contributed by atoms with van der Waals surface area (Å²) in [5, 5.41) is 7.15. The molecule has 1 atom stereocenters. The number of carbonyl (C=O) groups is 2. The number of hydrogen-bond acceptors (Lipinski definition) is 5. The number of hydrogen-bond donors (Lipinski definition) is 1. The Morgan fingerprint density at radius 1 is 1.39 bits per heavy atom. The zero-order valence-electron chi connectivity index (χ0n) is 13.1. The molecule has 4 rings (SSSR count). The highest BCUT2D eigenvalue weighted by molar-refractivity contribution is 5.94. The second kappa shape index (κ2) is 5.23. The molecule has 0 unspecified atom stereocenters. The number of piperidine rings is 1. The Balaban J connectivity index is 1.55. The van der Waals surface area contributed by atoms with Crippen molar-refractivity contribution in [2.75, 3.05) is 33.3 Å². The van der Waals surface area contributed by atoms with Crippen LogP contribution in [0, 0.1) is 0 Å². The lowest BCUT2D eigenvalue weighted by atomic mass is 9.92. The van der Waals surface area contributed by atoms with Crippen molar-refractivity contribution in [2.45, 2.75) is 31.5 Å². The molecule has 23 heavy (non-hydrogen) atoms. The standard InChI is InChI=1S/C15H20N4O4/c1-18-8-15(23-14(18)21)4-2-5-19(9-15)13(20)12-10-7-22-6-3-11(10)16-17-12/h2-9H2,1H3,(H,16,17)/t15-/m0/s1. The Morgan fingerprint density at radius 3 is 3.04 bits per heavy atom. The molecule has 2 saturated heterocycles. The molecule has 8 nitrogen and oxygen atoms in total. The fourth-order valence-electron chi connectivity index (χ4n) is 3.71. The normalized spacial score (nSPS) is 27.3. The smallest absolute Gasteiger partial charge is 0.410 e. The van der Waals surface area contributed by atoms with E-state index in [4.69, 9.17) is 9.47 Å². The van der Waals surface area contributed by atoms with E-state index < -0.39 is 5.60 Å². The van der Waals surface area contributed by atoms with Gasteiger partial charge in [0.15, 0.2) is 5.69 Å². The van der Waals surface area contributed by atoms with E-state index in [0.717, 1.165) is 30.5 Å². The van der Waals surface area contributed by atoms with E-state index in [1.54, 1.807) is 16.8 Å². The van der Waals surface area contributed by atoms with Gasteiger partial charge >= 0.3 is 6.09 Å². The summed E-state index contributed by atoms with van der Waals surface area (Å²) in [5.74, 6) is -0.113. The number of amides is 2. The fraction of sp³-hybridized carbons (Fsp3) is 0.667. The molecule has 1 N–H and O–H groups in total. The lowest BCUT2D eigenvalue weighted by Crippen LogP contribution is -2.52. The summed E-state index contributed by atoms with van der Waals surface area (Å²) in [6.07, 6.45) is 2.04. The van der Waals surface area contributed by atoms with E-state index in [-0.39, 0.29) is 12.0 Å². The fourth-order valence-corrected chi connectivity index (χ4v) is 3.71. The van der Waals surface area contributed by atoms with Gasteiger partial charge in [-0.25, -0.2) is 4.79 Å². The van der Waals surface area contributed by atoms with Gasteiger partial charge in [0.25, 0.3) is 5.91 Å². The van der Waals surface area contributed by atoms with Gasteiger partial charge in [-0.3, -0.25) is 9.89 Å². The number of H-pyrrole nitrogens is 1. The van der Waals surface area contributed by atoms with Crippen molar-refractivity contribution in [3.05, 3.63) is 17.0 Å². The van der Waals surface area contributed by atoms with Crippen LogP contribution in [0.25, 0.3) is 0 Å². The predicted octanol–water partition coefficient (Wildman–Crippen LogP) is 0.539. The molecule has 124 valence electrons. The zero-order chi connectivity index (χ0) is 16.0. The Morgan fingerprint density at radius 2 is 2.26 bits per heavy atom. The number of aromatic nitrogens is 2. The number of likely N-dealkylation sites (N-methyl/N-ethyl adjacent to an activating group) is 1. The third kappa shape index (κ3) is 2.37. The summed E-state index contributed by atoms with van der Waals surface area (Å²) >= 11 is 0. The van der Waals surface area contributed by atoms with Crippen LogP contribution in [0.1, 0.15) is 34.6 Å². The van der Waals surface area contributed by atoms with Gasteiger partial charge in [0.05, 0.1) is 26.3 Å². The minimum atomic E-state index is -0.577. The molecule has 2 fully saturated rings. The molecule has 0 saturated carbocycles. The van der Waals surface area contributed by atoms with E-state index in [1.807, 2.05) is 0 Å². The molecule has 8 heteroatoms. The number of aromatic amines is 1. The molecular formula is C15H20N4O4. The Bertz CT molecular complexity index is 658. The van der Waals surface area contributed by atoms with Gasteiger partial charge in [-0.2, -0.15) is 5.10 Å². The first-order chi connectivity index (χ1) is 11.1. The van der Waals surface area contributed by atoms with E-state index in [2.05, 4.69) is 10.2 Å². The van der Waals surface area contributed by atoms with E-state index in [0.29, 0.717) is 38.5 Å². The summed E-state index contributed by atoms with van der Waals surface area (Å²) in [6.45, 7) is 2.67. The number of carbonyl (C=O) groups excluding carboxylic acids is 2. The van der Waals surface area contributed by atoms with Crippen molar-refractivity contribution < 1.29 is 19.1 Å². The average Bonchev–Trinajstić information content (AvgIpc) is 3.08. The van der Waals surface area contributed by atoms with Crippen molar-refractivity contribution in [1.82, 2.24) is 20.0 Å². The van der Waals surface area contributed by atoms with Crippen LogP contribution in [0.15, 0.2) is 0 Å². The van der Waals surface area contributed by atoms with Crippen LogP contribution in [-0.2, 0) is 22.5 Å². The van der Waals surface area contributed by atoms with Crippen LogP contribution in [-0.4, -0.2) is 70.9 Å². The molecule has 0 radical (unpaired) electrons. The van der Waals surface area contributed by atoms with Crippen LogP contribution in [0.5, 0.6) is 0 Å². The van der Waals surface area contributed by atoms with Crippen molar-refractivity contribution in [3.63, 3.8) is 0 Å². The molecule has 0 aliphatic carbocycles.